The molecule has 1 atom stereocenters. The molecule has 0 aromatic rings. The Hall–Kier alpha value is -1.88. The number of allylic oxidation sites excluding steroid dienone is 4. The fourth-order valence-electron chi connectivity index (χ4n) is 2.73. The van der Waals surface area contributed by atoms with E-state index in [1.165, 1.54) is 12.5 Å². The lowest BCUT2D eigenvalue weighted by Gasteiger charge is -2.13. The Bertz CT molecular complexity index is 539. The summed E-state index contributed by atoms with van der Waals surface area (Å²) >= 11 is 0. The van der Waals surface area contributed by atoms with E-state index in [2.05, 4.69) is 12.2 Å². The van der Waals surface area contributed by atoms with Crippen molar-refractivity contribution in [1.29, 1.82) is 0 Å². The van der Waals surface area contributed by atoms with Crippen LogP contribution in [0.15, 0.2) is 34.9 Å². The van der Waals surface area contributed by atoms with Crippen molar-refractivity contribution in [2.45, 2.75) is 72.6 Å². The largest absolute Gasteiger partial charge is 0.481 e. The van der Waals surface area contributed by atoms with Gasteiger partial charge < -0.3 is 14.9 Å². The highest BCUT2D eigenvalue weighted by Crippen LogP contribution is 2.19. The summed E-state index contributed by atoms with van der Waals surface area (Å²) in [5, 5.41) is 18.3. The zero-order valence-electron chi connectivity index (χ0n) is 17.3. The smallest absolute Gasteiger partial charge is 0.306 e. The van der Waals surface area contributed by atoms with Gasteiger partial charge in [0, 0.05) is 6.92 Å². The third-order valence-electron chi connectivity index (χ3n) is 4.34. The predicted molar refractivity (Wildman–Crippen MR) is 108 cm³/mol. The van der Waals surface area contributed by atoms with E-state index in [1.807, 2.05) is 20.8 Å². The highest BCUT2D eigenvalue weighted by molar-refractivity contribution is 5.69. The number of hydrogen-bond acceptors (Lipinski definition) is 4. The number of carboxylic acid groups (broad SMARTS) is 1. The predicted octanol–water partition coefficient (Wildman–Crippen LogP) is 4.81. The number of carboxylic acids is 1. The maximum atomic E-state index is 11.4. The number of esters is 1. The Balaban J connectivity index is 4.61. The number of aliphatic hydroxyl groups excluding tert-OH is 1. The maximum Gasteiger partial charge on any atom is 0.306 e. The second-order valence-electron chi connectivity index (χ2n) is 7.20. The van der Waals surface area contributed by atoms with Crippen molar-refractivity contribution < 1.29 is 24.5 Å². The minimum atomic E-state index is -0.743. The molecule has 0 aromatic heterocycles. The van der Waals surface area contributed by atoms with Crippen molar-refractivity contribution in [2.75, 3.05) is 13.2 Å². The molecular formula is C22H36O5. The van der Waals surface area contributed by atoms with Crippen molar-refractivity contribution in [2.24, 2.45) is 5.92 Å². The van der Waals surface area contributed by atoms with Gasteiger partial charge in [-0.1, -0.05) is 29.4 Å². The molecule has 0 spiro atoms. The standard InChI is InChI=1S/C22H36O5/c1-17(2)8-5-12-21(22(25)26)13-7-11-20(16-27-19(4)24)10-6-9-18(3)14-15-23/h8,10,14,21,23H,5-7,9,11-13,15-16H2,1-4H3,(H,25,26). The van der Waals surface area contributed by atoms with Crippen molar-refractivity contribution in [3.05, 3.63) is 34.9 Å². The Morgan fingerprint density at radius 3 is 2.22 bits per heavy atom. The number of carbonyl (C=O) groups is 2. The fraction of sp³-hybridized carbons (Fsp3) is 0.636. The molecule has 2 N–H and O–H groups in total. The summed E-state index contributed by atoms with van der Waals surface area (Å²) in [5.74, 6) is -1.40. The SMILES string of the molecule is CC(=O)OCC(=CCCC(C)=CCO)CCCC(CCC=C(C)C)C(=O)O. The fourth-order valence-corrected chi connectivity index (χ4v) is 2.73. The average Bonchev–Trinajstić information content (AvgIpc) is 2.57. The molecule has 0 bridgehead atoms. The molecule has 0 aliphatic rings. The van der Waals surface area contributed by atoms with E-state index in [-0.39, 0.29) is 25.1 Å². The van der Waals surface area contributed by atoms with Gasteiger partial charge in [0.15, 0.2) is 0 Å². The summed E-state index contributed by atoms with van der Waals surface area (Å²) in [5.41, 5.74) is 3.34. The van der Waals surface area contributed by atoms with E-state index in [0.29, 0.717) is 12.8 Å². The van der Waals surface area contributed by atoms with E-state index >= 15 is 0 Å². The highest BCUT2D eigenvalue weighted by atomic mass is 16.5. The lowest BCUT2D eigenvalue weighted by Crippen LogP contribution is -2.13. The summed E-state index contributed by atoms with van der Waals surface area (Å²) in [6, 6.07) is 0. The normalized spacial score (nSPS) is 13.2. The second kappa shape index (κ2) is 15.2. The van der Waals surface area contributed by atoms with Gasteiger partial charge in [0.2, 0.25) is 0 Å². The first-order valence-electron chi connectivity index (χ1n) is 9.70. The van der Waals surface area contributed by atoms with Gasteiger partial charge in [-0.05, 0) is 71.3 Å². The van der Waals surface area contributed by atoms with E-state index in [4.69, 9.17) is 9.84 Å². The molecule has 0 aromatic carbocycles. The first-order valence-corrected chi connectivity index (χ1v) is 9.70. The molecule has 0 amide bonds. The molecule has 5 heteroatoms. The van der Waals surface area contributed by atoms with E-state index in [0.717, 1.165) is 43.3 Å². The molecule has 0 radical (unpaired) electrons. The lowest BCUT2D eigenvalue weighted by molar-refractivity contribution is -0.142. The molecule has 0 fully saturated rings. The number of rotatable bonds is 14. The minimum absolute atomic E-state index is 0.0408. The number of aliphatic hydroxyl groups is 1. The molecule has 0 aliphatic carbocycles. The van der Waals surface area contributed by atoms with Gasteiger partial charge in [-0.3, -0.25) is 9.59 Å². The van der Waals surface area contributed by atoms with Crippen LogP contribution >= 0.6 is 0 Å². The third kappa shape index (κ3) is 14.9. The minimum Gasteiger partial charge on any atom is -0.481 e. The van der Waals surface area contributed by atoms with Crippen molar-refractivity contribution in [1.82, 2.24) is 0 Å². The van der Waals surface area contributed by atoms with Crippen LogP contribution < -0.4 is 0 Å². The van der Waals surface area contributed by atoms with E-state index < -0.39 is 5.97 Å². The molecule has 154 valence electrons. The molecule has 0 rings (SSSR count). The lowest BCUT2D eigenvalue weighted by atomic mass is 9.94. The zero-order chi connectivity index (χ0) is 20.7. The average molecular weight is 381 g/mol. The topological polar surface area (TPSA) is 83.8 Å². The molecule has 27 heavy (non-hydrogen) atoms. The van der Waals surface area contributed by atoms with Crippen molar-refractivity contribution in [3.63, 3.8) is 0 Å². The quantitative estimate of drug-likeness (QED) is 0.334. The van der Waals surface area contributed by atoms with Crippen LogP contribution in [0.25, 0.3) is 0 Å². The molecule has 0 saturated carbocycles. The van der Waals surface area contributed by atoms with Gasteiger partial charge in [0.25, 0.3) is 0 Å². The summed E-state index contributed by atoms with van der Waals surface area (Å²) in [6.45, 7) is 7.68. The van der Waals surface area contributed by atoms with Crippen LogP contribution in [0.5, 0.6) is 0 Å². The van der Waals surface area contributed by atoms with Gasteiger partial charge in [-0.2, -0.15) is 0 Å². The number of ether oxygens (including phenoxy) is 1. The second-order valence-corrected chi connectivity index (χ2v) is 7.20. The molecular weight excluding hydrogens is 344 g/mol. The van der Waals surface area contributed by atoms with E-state index in [1.54, 1.807) is 6.08 Å². The molecule has 0 aliphatic heterocycles. The van der Waals surface area contributed by atoms with Crippen LogP contribution in [0.3, 0.4) is 0 Å². The molecule has 5 nitrogen and oxygen atoms in total. The number of hydrogen-bond donors (Lipinski definition) is 2. The Labute approximate surface area is 163 Å². The van der Waals surface area contributed by atoms with Crippen LogP contribution in [0.4, 0.5) is 0 Å². The molecule has 0 heterocycles. The van der Waals surface area contributed by atoms with Gasteiger partial charge in [0.1, 0.15) is 6.61 Å². The summed E-state index contributed by atoms with van der Waals surface area (Å²) in [4.78, 5) is 22.5. The summed E-state index contributed by atoms with van der Waals surface area (Å²) in [7, 11) is 0. The summed E-state index contributed by atoms with van der Waals surface area (Å²) in [6.07, 6.45) is 11.1. The van der Waals surface area contributed by atoms with Gasteiger partial charge in [-0.25, -0.2) is 0 Å². The van der Waals surface area contributed by atoms with Crippen LogP contribution in [0, 0.1) is 5.92 Å². The zero-order valence-corrected chi connectivity index (χ0v) is 17.3. The first-order chi connectivity index (χ1) is 12.8. The van der Waals surface area contributed by atoms with Crippen LogP contribution in [0.2, 0.25) is 0 Å². The van der Waals surface area contributed by atoms with Gasteiger partial charge >= 0.3 is 11.9 Å². The number of aliphatic carboxylic acids is 1. The number of carbonyl (C=O) groups excluding carboxylic acids is 1. The Kier molecular flexibility index (Phi) is 14.1. The Morgan fingerprint density at radius 1 is 0.963 bits per heavy atom. The van der Waals surface area contributed by atoms with Crippen LogP contribution in [-0.2, 0) is 14.3 Å². The molecule has 1 unspecified atom stereocenters. The highest BCUT2D eigenvalue weighted by Gasteiger charge is 2.16. The van der Waals surface area contributed by atoms with Crippen LogP contribution in [-0.4, -0.2) is 35.4 Å². The van der Waals surface area contributed by atoms with Crippen molar-refractivity contribution >= 4 is 11.9 Å². The van der Waals surface area contributed by atoms with Crippen molar-refractivity contribution in [3.8, 4) is 0 Å². The monoisotopic (exact) mass is 380 g/mol. The summed E-state index contributed by atoms with van der Waals surface area (Å²) < 4.78 is 5.12. The van der Waals surface area contributed by atoms with Gasteiger partial charge in [-0.15, -0.1) is 0 Å². The maximum absolute atomic E-state index is 11.4. The van der Waals surface area contributed by atoms with Crippen LogP contribution in [0.1, 0.15) is 72.6 Å². The van der Waals surface area contributed by atoms with E-state index in [9.17, 15) is 14.7 Å². The first kappa shape index (κ1) is 25.1. The third-order valence-corrected chi connectivity index (χ3v) is 4.34. The van der Waals surface area contributed by atoms with Gasteiger partial charge in [0.05, 0.1) is 12.5 Å². The molecule has 0 saturated heterocycles. The Morgan fingerprint density at radius 2 is 1.67 bits per heavy atom.